The minimum absolute atomic E-state index is 0.552. The topological polar surface area (TPSA) is 91.4 Å². The summed E-state index contributed by atoms with van der Waals surface area (Å²) < 4.78 is 0. The van der Waals surface area contributed by atoms with Crippen molar-refractivity contribution in [2.45, 2.75) is 6.42 Å². The van der Waals surface area contributed by atoms with Gasteiger partial charge in [-0.2, -0.15) is 9.97 Å². The van der Waals surface area contributed by atoms with Crippen molar-refractivity contribution in [3.05, 3.63) is 22.9 Å². The van der Waals surface area contributed by atoms with Gasteiger partial charge in [0.1, 0.15) is 5.52 Å². The molecule has 3 heterocycles. The van der Waals surface area contributed by atoms with Crippen LogP contribution >= 0.6 is 11.3 Å². The van der Waals surface area contributed by atoms with Gasteiger partial charge in [-0.1, -0.05) is 0 Å². The van der Waals surface area contributed by atoms with E-state index in [-0.39, 0.29) is 0 Å². The lowest BCUT2D eigenvalue weighted by Crippen LogP contribution is -2.09. The van der Waals surface area contributed by atoms with E-state index in [1.54, 1.807) is 24.7 Å². The second-order valence-electron chi connectivity index (χ2n) is 3.90. The summed E-state index contributed by atoms with van der Waals surface area (Å²) in [4.78, 5) is 20.1. The van der Waals surface area contributed by atoms with E-state index in [2.05, 4.69) is 35.6 Å². The summed E-state index contributed by atoms with van der Waals surface area (Å²) in [5.74, 6) is 1.30. The number of hydrogen-bond acceptors (Lipinski definition) is 7. The standard InChI is InChI=1S/C11H13N7S/c1-12-11-17-9(8-10(18-11)15-5-14-8)13-3-2-7-4-19-6-16-7/h4-6H,2-3H2,1H3,(H3,12,13,14,15,17,18). The molecule has 0 saturated carbocycles. The quantitative estimate of drug-likeness (QED) is 0.653. The van der Waals surface area contributed by atoms with Crippen LogP contribution in [0, 0.1) is 0 Å². The van der Waals surface area contributed by atoms with Gasteiger partial charge in [0.25, 0.3) is 0 Å². The van der Waals surface area contributed by atoms with E-state index in [0.717, 1.165) is 30.0 Å². The van der Waals surface area contributed by atoms with Crippen LogP contribution < -0.4 is 10.6 Å². The van der Waals surface area contributed by atoms with Gasteiger partial charge in [-0.05, 0) is 0 Å². The van der Waals surface area contributed by atoms with E-state index in [9.17, 15) is 0 Å². The predicted molar refractivity (Wildman–Crippen MR) is 75.5 cm³/mol. The smallest absolute Gasteiger partial charge is 0.226 e. The molecule has 0 aliphatic carbocycles. The van der Waals surface area contributed by atoms with E-state index >= 15 is 0 Å². The number of fused-ring (bicyclic) bond motifs is 1. The fourth-order valence-electron chi connectivity index (χ4n) is 1.74. The maximum absolute atomic E-state index is 4.39. The maximum Gasteiger partial charge on any atom is 0.226 e. The number of aromatic nitrogens is 5. The lowest BCUT2D eigenvalue weighted by Gasteiger charge is -2.07. The van der Waals surface area contributed by atoms with Gasteiger partial charge in [-0.3, -0.25) is 0 Å². The molecule has 19 heavy (non-hydrogen) atoms. The summed E-state index contributed by atoms with van der Waals surface area (Å²) in [7, 11) is 1.78. The first kappa shape index (κ1) is 11.8. The minimum Gasteiger partial charge on any atom is -0.368 e. The number of thiazole rings is 1. The summed E-state index contributed by atoms with van der Waals surface area (Å²) >= 11 is 1.61. The Morgan fingerprint density at radius 2 is 2.26 bits per heavy atom. The summed E-state index contributed by atoms with van der Waals surface area (Å²) in [6, 6.07) is 0. The van der Waals surface area contributed by atoms with Crippen LogP contribution in [0.15, 0.2) is 17.2 Å². The third-order valence-corrected chi connectivity index (χ3v) is 3.30. The SMILES string of the molecule is CNc1nc(NCCc2cscn2)c2[nH]cnc2n1. The van der Waals surface area contributed by atoms with Crippen molar-refractivity contribution >= 4 is 34.3 Å². The molecule has 3 aromatic rings. The van der Waals surface area contributed by atoms with Crippen molar-refractivity contribution < 1.29 is 0 Å². The van der Waals surface area contributed by atoms with E-state index in [1.165, 1.54) is 0 Å². The highest BCUT2D eigenvalue weighted by Crippen LogP contribution is 2.18. The molecule has 0 bridgehead atoms. The van der Waals surface area contributed by atoms with Crippen LogP contribution in [0.4, 0.5) is 11.8 Å². The first-order valence-electron chi connectivity index (χ1n) is 5.86. The van der Waals surface area contributed by atoms with Crippen molar-refractivity contribution in [2.75, 3.05) is 24.2 Å². The molecule has 0 spiro atoms. The number of rotatable bonds is 5. The van der Waals surface area contributed by atoms with Crippen molar-refractivity contribution in [1.82, 2.24) is 24.9 Å². The summed E-state index contributed by atoms with van der Waals surface area (Å²) in [5.41, 5.74) is 4.39. The first-order chi connectivity index (χ1) is 9.36. The average molecular weight is 275 g/mol. The third-order valence-electron chi connectivity index (χ3n) is 2.67. The molecule has 3 N–H and O–H groups in total. The summed E-state index contributed by atoms with van der Waals surface area (Å²) in [6.45, 7) is 0.762. The Morgan fingerprint density at radius 1 is 1.32 bits per heavy atom. The molecule has 0 unspecified atom stereocenters. The van der Waals surface area contributed by atoms with Gasteiger partial charge in [-0.25, -0.2) is 9.97 Å². The van der Waals surface area contributed by atoms with E-state index in [1.807, 2.05) is 10.9 Å². The molecule has 8 heteroatoms. The van der Waals surface area contributed by atoms with Crippen molar-refractivity contribution in [1.29, 1.82) is 0 Å². The van der Waals surface area contributed by atoms with Gasteiger partial charge in [0, 0.05) is 25.4 Å². The number of imidazole rings is 1. The van der Waals surface area contributed by atoms with Crippen LogP contribution in [-0.4, -0.2) is 38.5 Å². The molecule has 98 valence electrons. The molecule has 0 aromatic carbocycles. The van der Waals surface area contributed by atoms with Crippen LogP contribution in [0.2, 0.25) is 0 Å². The fraction of sp³-hybridized carbons (Fsp3) is 0.273. The Hall–Kier alpha value is -2.22. The molecule has 3 aromatic heterocycles. The minimum atomic E-state index is 0.552. The highest BCUT2D eigenvalue weighted by Gasteiger charge is 2.08. The molecule has 0 fully saturated rings. The molecule has 0 atom stereocenters. The van der Waals surface area contributed by atoms with Crippen LogP contribution in [0.25, 0.3) is 11.2 Å². The summed E-state index contributed by atoms with van der Waals surface area (Å²) in [6.07, 6.45) is 2.47. The first-order valence-corrected chi connectivity index (χ1v) is 6.81. The van der Waals surface area contributed by atoms with Gasteiger partial charge in [0.15, 0.2) is 11.5 Å². The maximum atomic E-state index is 4.39. The fourth-order valence-corrected chi connectivity index (χ4v) is 2.34. The summed E-state index contributed by atoms with van der Waals surface area (Å²) in [5, 5.41) is 8.26. The third kappa shape index (κ3) is 2.48. The molecule has 0 aliphatic rings. The van der Waals surface area contributed by atoms with Crippen molar-refractivity contribution in [3.8, 4) is 0 Å². The van der Waals surface area contributed by atoms with Gasteiger partial charge >= 0.3 is 0 Å². The number of nitrogens with one attached hydrogen (secondary N) is 3. The highest BCUT2D eigenvalue weighted by molar-refractivity contribution is 7.07. The molecule has 0 saturated heterocycles. The highest BCUT2D eigenvalue weighted by atomic mass is 32.1. The van der Waals surface area contributed by atoms with E-state index in [4.69, 9.17) is 0 Å². The van der Waals surface area contributed by atoms with E-state index < -0.39 is 0 Å². The Labute approximate surface area is 113 Å². The molecule has 0 radical (unpaired) electrons. The second-order valence-corrected chi connectivity index (χ2v) is 4.62. The Bertz CT molecular complexity index is 661. The number of aromatic amines is 1. The van der Waals surface area contributed by atoms with Crippen LogP contribution in [0.5, 0.6) is 0 Å². The van der Waals surface area contributed by atoms with Gasteiger partial charge in [0.2, 0.25) is 5.95 Å². The average Bonchev–Trinajstić information content (AvgIpc) is 3.08. The second kappa shape index (κ2) is 5.19. The predicted octanol–water partition coefficient (Wildman–Crippen LogP) is 1.51. The van der Waals surface area contributed by atoms with Crippen molar-refractivity contribution in [3.63, 3.8) is 0 Å². The molecule has 7 nitrogen and oxygen atoms in total. The largest absolute Gasteiger partial charge is 0.368 e. The van der Waals surface area contributed by atoms with E-state index in [0.29, 0.717) is 11.6 Å². The van der Waals surface area contributed by atoms with Gasteiger partial charge in [-0.15, -0.1) is 11.3 Å². The number of nitrogens with zero attached hydrogens (tertiary/aromatic N) is 4. The lowest BCUT2D eigenvalue weighted by molar-refractivity contribution is 0.968. The zero-order chi connectivity index (χ0) is 13.1. The molecule has 3 rings (SSSR count). The molecule has 0 amide bonds. The van der Waals surface area contributed by atoms with Crippen LogP contribution in [-0.2, 0) is 6.42 Å². The number of H-pyrrole nitrogens is 1. The number of anilines is 2. The van der Waals surface area contributed by atoms with Crippen molar-refractivity contribution in [2.24, 2.45) is 0 Å². The molecular formula is C11H13N7S. The Balaban J connectivity index is 1.77. The monoisotopic (exact) mass is 275 g/mol. The molecular weight excluding hydrogens is 262 g/mol. The van der Waals surface area contributed by atoms with Crippen LogP contribution in [0.1, 0.15) is 5.69 Å². The molecule has 0 aliphatic heterocycles. The Morgan fingerprint density at radius 3 is 3.05 bits per heavy atom. The zero-order valence-electron chi connectivity index (χ0n) is 10.3. The Kier molecular flexibility index (Phi) is 3.23. The lowest BCUT2D eigenvalue weighted by atomic mass is 10.3. The number of hydrogen-bond donors (Lipinski definition) is 3. The van der Waals surface area contributed by atoms with Crippen LogP contribution in [0.3, 0.4) is 0 Å². The van der Waals surface area contributed by atoms with Gasteiger partial charge in [0.05, 0.1) is 17.5 Å². The van der Waals surface area contributed by atoms with Gasteiger partial charge < -0.3 is 15.6 Å². The normalized spacial score (nSPS) is 10.8. The zero-order valence-corrected chi connectivity index (χ0v) is 11.2.